The van der Waals surface area contributed by atoms with Gasteiger partial charge in [-0.25, -0.2) is 4.79 Å². The van der Waals surface area contributed by atoms with Crippen LogP contribution in [0.25, 0.3) is 0 Å². The standard InChI is InChI=1S/C18H28N2O3/c1-13(14-8-6-5-7-9-14)19-16-11-20(10-15(16)12-21)17(22)23-18(2,3)4/h5-9,13,15-16,19,21H,10-12H2,1-4H3/t13?,15-,16+/m1/s1. The zero-order valence-corrected chi connectivity index (χ0v) is 14.5. The molecule has 1 amide bonds. The zero-order chi connectivity index (χ0) is 17.0. The molecule has 0 spiro atoms. The Morgan fingerprint density at radius 3 is 2.57 bits per heavy atom. The molecule has 1 unspecified atom stereocenters. The predicted molar refractivity (Wildman–Crippen MR) is 90.2 cm³/mol. The van der Waals surface area contributed by atoms with Crippen molar-refractivity contribution >= 4 is 6.09 Å². The summed E-state index contributed by atoms with van der Waals surface area (Å²) in [7, 11) is 0. The van der Waals surface area contributed by atoms with Crippen LogP contribution >= 0.6 is 0 Å². The summed E-state index contributed by atoms with van der Waals surface area (Å²) >= 11 is 0. The van der Waals surface area contributed by atoms with E-state index in [2.05, 4.69) is 24.4 Å². The van der Waals surface area contributed by atoms with Crippen LogP contribution in [-0.4, -0.2) is 47.4 Å². The van der Waals surface area contributed by atoms with Gasteiger partial charge in [0.05, 0.1) is 0 Å². The van der Waals surface area contributed by atoms with Crippen molar-refractivity contribution in [3.63, 3.8) is 0 Å². The number of ether oxygens (including phenoxy) is 1. The number of amides is 1. The first kappa shape index (κ1) is 17.8. The molecule has 0 bridgehead atoms. The van der Waals surface area contributed by atoms with Crippen LogP contribution < -0.4 is 5.32 Å². The van der Waals surface area contributed by atoms with Gasteiger partial charge in [0, 0.05) is 37.7 Å². The molecule has 1 aliphatic heterocycles. The number of hydrogen-bond acceptors (Lipinski definition) is 4. The van der Waals surface area contributed by atoms with Gasteiger partial charge in [-0.05, 0) is 33.3 Å². The number of aliphatic hydroxyl groups is 1. The summed E-state index contributed by atoms with van der Waals surface area (Å²) < 4.78 is 5.43. The van der Waals surface area contributed by atoms with E-state index >= 15 is 0 Å². The Balaban J connectivity index is 1.98. The number of benzene rings is 1. The number of nitrogens with one attached hydrogen (secondary N) is 1. The summed E-state index contributed by atoms with van der Waals surface area (Å²) in [4.78, 5) is 13.9. The first-order chi connectivity index (χ1) is 10.8. The van der Waals surface area contributed by atoms with Gasteiger partial charge in [0.2, 0.25) is 0 Å². The Hall–Kier alpha value is -1.59. The second-order valence-corrected chi connectivity index (χ2v) is 7.23. The Bertz CT molecular complexity index is 513. The van der Waals surface area contributed by atoms with Gasteiger partial charge >= 0.3 is 6.09 Å². The van der Waals surface area contributed by atoms with Gasteiger partial charge in [0.25, 0.3) is 0 Å². The van der Waals surface area contributed by atoms with Crippen molar-refractivity contribution in [2.24, 2.45) is 5.92 Å². The number of carbonyl (C=O) groups excluding carboxylic acids is 1. The summed E-state index contributed by atoms with van der Waals surface area (Å²) in [6.45, 7) is 8.80. The van der Waals surface area contributed by atoms with Crippen molar-refractivity contribution in [1.29, 1.82) is 0 Å². The lowest BCUT2D eigenvalue weighted by atomic mass is 10.0. The Morgan fingerprint density at radius 2 is 2.00 bits per heavy atom. The van der Waals surface area contributed by atoms with E-state index in [-0.39, 0.29) is 30.7 Å². The molecule has 128 valence electrons. The fourth-order valence-electron chi connectivity index (χ4n) is 2.88. The van der Waals surface area contributed by atoms with E-state index in [0.29, 0.717) is 13.1 Å². The highest BCUT2D eigenvalue weighted by Crippen LogP contribution is 2.23. The van der Waals surface area contributed by atoms with E-state index in [1.54, 1.807) is 4.90 Å². The number of nitrogens with zero attached hydrogens (tertiary/aromatic N) is 1. The molecule has 1 fully saturated rings. The van der Waals surface area contributed by atoms with Gasteiger partial charge < -0.3 is 20.1 Å². The maximum atomic E-state index is 12.2. The van der Waals surface area contributed by atoms with Gasteiger partial charge in [-0.15, -0.1) is 0 Å². The topological polar surface area (TPSA) is 61.8 Å². The van der Waals surface area contributed by atoms with Gasteiger partial charge in [-0.2, -0.15) is 0 Å². The molecule has 0 saturated carbocycles. The van der Waals surface area contributed by atoms with Crippen LogP contribution in [0.2, 0.25) is 0 Å². The van der Waals surface area contributed by atoms with Crippen molar-refractivity contribution in [1.82, 2.24) is 10.2 Å². The van der Waals surface area contributed by atoms with E-state index < -0.39 is 5.60 Å². The second kappa shape index (κ2) is 7.32. The Morgan fingerprint density at radius 1 is 1.35 bits per heavy atom. The van der Waals surface area contributed by atoms with E-state index in [4.69, 9.17) is 4.74 Å². The van der Waals surface area contributed by atoms with Crippen molar-refractivity contribution < 1.29 is 14.6 Å². The third-order valence-electron chi connectivity index (χ3n) is 4.09. The van der Waals surface area contributed by atoms with Crippen LogP contribution in [0, 0.1) is 5.92 Å². The van der Waals surface area contributed by atoms with E-state index in [1.807, 2.05) is 39.0 Å². The highest BCUT2D eigenvalue weighted by molar-refractivity contribution is 5.68. The molecule has 0 aliphatic carbocycles. The van der Waals surface area contributed by atoms with E-state index in [0.717, 1.165) is 0 Å². The third kappa shape index (κ3) is 4.94. The largest absolute Gasteiger partial charge is 0.444 e. The van der Waals surface area contributed by atoms with Crippen molar-refractivity contribution in [2.45, 2.75) is 45.4 Å². The molecule has 1 aromatic carbocycles. The van der Waals surface area contributed by atoms with Gasteiger partial charge in [-0.1, -0.05) is 30.3 Å². The van der Waals surface area contributed by atoms with Crippen LogP contribution in [0.4, 0.5) is 4.79 Å². The minimum Gasteiger partial charge on any atom is -0.444 e. The van der Waals surface area contributed by atoms with E-state index in [1.165, 1.54) is 5.56 Å². The first-order valence-corrected chi connectivity index (χ1v) is 8.20. The molecule has 2 N–H and O–H groups in total. The van der Waals surface area contributed by atoms with Crippen LogP contribution in [0.1, 0.15) is 39.3 Å². The number of hydrogen-bond donors (Lipinski definition) is 2. The van der Waals surface area contributed by atoms with Crippen molar-refractivity contribution in [2.75, 3.05) is 19.7 Å². The molecule has 1 saturated heterocycles. The highest BCUT2D eigenvalue weighted by Gasteiger charge is 2.37. The normalized spacial score (nSPS) is 22.9. The van der Waals surface area contributed by atoms with Crippen LogP contribution in [-0.2, 0) is 4.74 Å². The fourth-order valence-corrected chi connectivity index (χ4v) is 2.88. The molecular formula is C18H28N2O3. The summed E-state index contributed by atoms with van der Waals surface area (Å²) in [5, 5.41) is 13.2. The van der Waals surface area contributed by atoms with Crippen LogP contribution in [0.5, 0.6) is 0 Å². The lowest BCUT2D eigenvalue weighted by Crippen LogP contribution is -2.40. The monoisotopic (exact) mass is 320 g/mol. The molecule has 1 aromatic rings. The molecule has 5 nitrogen and oxygen atoms in total. The lowest BCUT2D eigenvalue weighted by Gasteiger charge is -2.25. The summed E-state index contributed by atoms with van der Waals surface area (Å²) in [5.74, 6) is 0.0219. The number of likely N-dealkylation sites (tertiary alicyclic amines) is 1. The predicted octanol–water partition coefficient (Wildman–Crippen LogP) is 2.57. The highest BCUT2D eigenvalue weighted by atomic mass is 16.6. The SMILES string of the molecule is CC(N[C@H]1CN(C(=O)OC(C)(C)C)C[C@@H]1CO)c1ccccc1. The average molecular weight is 320 g/mol. The van der Waals surface area contributed by atoms with Gasteiger partial charge in [0.15, 0.2) is 0 Å². The van der Waals surface area contributed by atoms with Crippen molar-refractivity contribution in [3.8, 4) is 0 Å². The molecule has 1 aliphatic rings. The minimum atomic E-state index is -0.505. The maximum absolute atomic E-state index is 12.2. The second-order valence-electron chi connectivity index (χ2n) is 7.23. The Kier molecular flexibility index (Phi) is 5.65. The van der Waals surface area contributed by atoms with Crippen molar-refractivity contribution in [3.05, 3.63) is 35.9 Å². The zero-order valence-electron chi connectivity index (χ0n) is 14.5. The molecular weight excluding hydrogens is 292 g/mol. The van der Waals surface area contributed by atoms with Crippen LogP contribution in [0.15, 0.2) is 30.3 Å². The molecule has 2 rings (SSSR count). The minimum absolute atomic E-state index is 0.0219. The maximum Gasteiger partial charge on any atom is 0.410 e. The molecule has 1 heterocycles. The summed E-state index contributed by atoms with van der Waals surface area (Å²) in [6.07, 6.45) is -0.312. The molecule has 3 atom stereocenters. The molecule has 0 radical (unpaired) electrons. The fraction of sp³-hybridized carbons (Fsp3) is 0.611. The third-order valence-corrected chi connectivity index (χ3v) is 4.09. The molecule has 5 heteroatoms. The quantitative estimate of drug-likeness (QED) is 0.895. The number of carbonyl (C=O) groups is 1. The lowest BCUT2D eigenvalue weighted by molar-refractivity contribution is 0.0282. The molecule has 0 aromatic heterocycles. The van der Waals surface area contributed by atoms with Gasteiger partial charge in [0.1, 0.15) is 5.60 Å². The summed E-state index contributed by atoms with van der Waals surface area (Å²) in [5.41, 5.74) is 0.689. The average Bonchev–Trinajstić information content (AvgIpc) is 2.89. The van der Waals surface area contributed by atoms with Gasteiger partial charge in [-0.3, -0.25) is 0 Å². The summed E-state index contributed by atoms with van der Waals surface area (Å²) in [6, 6.07) is 10.4. The smallest absolute Gasteiger partial charge is 0.410 e. The number of rotatable bonds is 4. The first-order valence-electron chi connectivity index (χ1n) is 8.20. The number of aliphatic hydroxyl groups excluding tert-OH is 1. The Labute approximate surface area is 138 Å². The van der Waals surface area contributed by atoms with Crippen LogP contribution in [0.3, 0.4) is 0 Å². The molecule has 23 heavy (non-hydrogen) atoms. The van der Waals surface area contributed by atoms with E-state index in [9.17, 15) is 9.90 Å².